The van der Waals surface area contributed by atoms with Crippen LogP contribution in [0.2, 0.25) is 5.02 Å². The molecule has 8 heteroatoms. The van der Waals surface area contributed by atoms with Crippen LogP contribution in [0, 0.1) is 0 Å². The van der Waals surface area contributed by atoms with Crippen molar-refractivity contribution in [2.24, 2.45) is 5.73 Å². The minimum Gasteiger partial charge on any atom is -0.361 e. The predicted molar refractivity (Wildman–Crippen MR) is 104 cm³/mol. The highest BCUT2D eigenvalue weighted by Crippen LogP contribution is 2.22. The molecule has 0 saturated carbocycles. The molecular formula is C19H17ClN4O3. The quantitative estimate of drug-likeness (QED) is 0.505. The van der Waals surface area contributed by atoms with Crippen molar-refractivity contribution in [1.29, 1.82) is 0 Å². The van der Waals surface area contributed by atoms with Crippen LogP contribution in [0.15, 0.2) is 48.7 Å². The standard InChI is InChI=1S/C19H17ClN4O3/c20-12-5-6-15-14(9-12)11(10-23-15)7-8-22-18(26)13-3-1-2-4-16(13)24-19(27)17(21)25/h1-6,9-10,23H,7-8H2,(H2,21,25)(H,22,26)(H,24,27). The van der Waals surface area contributed by atoms with Gasteiger partial charge in [0.25, 0.3) is 5.91 Å². The third-order valence-electron chi connectivity index (χ3n) is 4.05. The minimum atomic E-state index is -1.12. The molecule has 3 amide bonds. The van der Waals surface area contributed by atoms with Gasteiger partial charge in [0.05, 0.1) is 11.3 Å². The first-order valence-electron chi connectivity index (χ1n) is 8.19. The molecule has 0 fully saturated rings. The van der Waals surface area contributed by atoms with Gasteiger partial charge in [-0.2, -0.15) is 0 Å². The van der Waals surface area contributed by atoms with Crippen molar-refractivity contribution in [1.82, 2.24) is 10.3 Å². The van der Waals surface area contributed by atoms with E-state index in [1.165, 1.54) is 6.07 Å². The lowest BCUT2D eigenvalue weighted by molar-refractivity contribution is -0.134. The van der Waals surface area contributed by atoms with Crippen LogP contribution in [0.25, 0.3) is 10.9 Å². The molecule has 3 aromatic rings. The zero-order valence-electron chi connectivity index (χ0n) is 14.2. The summed E-state index contributed by atoms with van der Waals surface area (Å²) < 4.78 is 0. The molecule has 7 nitrogen and oxygen atoms in total. The Bertz CT molecular complexity index is 1030. The zero-order valence-corrected chi connectivity index (χ0v) is 15.0. The molecule has 5 N–H and O–H groups in total. The van der Waals surface area contributed by atoms with E-state index in [2.05, 4.69) is 15.6 Å². The summed E-state index contributed by atoms with van der Waals surface area (Å²) in [6.07, 6.45) is 2.48. The molecule has 1 heterocycles. The van der Waals surface area contributed by atoms with Crippen molar-refractivity contribution in [2.75, 3.05) is 11.9 Å². The fourth-order valence-corrected chi connectivity index (χ4v) is 2.91. The number of aromatic amines is 1. The second-order valence-corrected chi connectivity index (χ2v) is 6.31. The van der Waals surface area contributed by atoms with E-state index in [0.717, 1.165) is 16.5 Å². The van der Waals surface area contributed by atoms with Gasteiger partial charge in [-0.15, -0.1) is 0 Å². The van der Waals surface area contributed by atoms with E-state index in [9.17, 15) is 14.4 Å². The Labute approximate surface area is 159 Å². The number of nitrogens with two attached hydrogens (primary N) is 1. The monoisotopic (exact) mass is 384 g/mol. The highest BCUT2D eigenvalue weighted by atomic mass is 35.5. The van der Waals surface area contributed by atoms with Crippen LogP contribution in [0.1, 0.15) is 15.9 Å². The van der Waals surface area contributed by atoms with Gasteiger partial charge in [0, 0.05) is 28.7 Å². The van der Waals surface area contributed by atoms with E-state index in [1.807, 2.05) is 24.4 Å². The molecule has 0 radical (unpaired) electrons. The Balaban J connectivity index is 1.66. The Hall–Kier alpha value is -3.32. The first-order valence-corrected chi connectivity index (χ1v) is 8.57. The molecule has 0 spiro atoms. The summed E-state index contributed by atoms with van der Waals surface area (Å²) >= 11 is 6.04. The van der Waals surface area contributed by atoms with Gasteiger partial charge in [-0.1, -0.05) is 23.7 Å². The van der Waals surface area contributed by atoms with Crippen LogP contribution in [-0.4, -0.2) is 29.3 Å². The van der Waals surface area contributed by atoms with E-state index in [-0.39, 0.29) is 17.2 Å². The molecule has 0 saturated heterocycles. The molecule has 0 aliphatic heterocycles. The summed E-state index contributed by atoms with van der Waals surface area (Å²) in [5.74, 6) is -2.47. The SMILES string of the molecule is NC(=O)C(=O)Nc1ccccc1C(=O)NCCc1c[nH]c2ccc(Cl)cc12. The molecule has 1 aromatic heterocycles. The third kappa shape index (κ3) is 4.27. The van der Waals surface area contributed by atoms with Crippen LogP contribution >= 0.6 is 11.6 Å². The van der Waals surface area contributed by atoms with Gasteiger partial charge in [-0.05, 0) is 42.3 Å². The second kappa shape index (κ2) is 7.92. The number of halogens is 1. The highest BCUT2D eigenvalue weighted by Gasteiger charge is 2.15. The molecule has 0 unspecified atom stereocenters. The normalized spacial score (nSPS) is 10.6. The number of H-pyrrole nitrogens is 1. The molecule has 0 atom stereocenters. The lowest BCUT2D eigenvalue weighted by Crippen LogP contribution is -2.31. The van der Waals surface area contributed by atoms with Crippen LogP contribution in [0.3, 0.4) is 0 Å². The molecule has 3 rings (SSSR count). The predicted octanol–water partition coefficient (Wildman–Crippen LogP) is 2.22. The lowest BCUT2D eigenvalue weighted by Gasteiger charge is -2.10. The summed E-state index contributed by atoms with van der Waals surface area (Å²) in [6.45, 7) is 0.385. The summed E-state index contributed by atoms with van der Waals surface area (Å²) in [5, 5.41) is 6.79. The summed E-state index contributed by atoms with van der Waals surface area (Å²) in [5.41, 5.74) is 7.40. The average molecular weight is 385 g/mol. The highest BCUT2D eigenvalue weighted by molar-refractivity contribution is 6.39. The maximum Gasteiger partial charge on any atom is 0.313 e. The summed E-state index contributed by atoms with van der Waals surface area (Å²) in [6, 6.07) is 12.0. The van der Waals surface area contributed by atoms with E-state index < -0.39 is 11.8 Å². The van der Waals surface area contributed by atoms with Crippen molar-refractivity contribution >= 4 is 45.9 Å². The van der Waals surface area contributed by atoms with Gasteiger partial charge < -0.3 is 21.4 Å². The number of hydrogen-bond donors (Lipinski definition) is 4. The van der Waals surface area contributed by atoms with E-state index >= 15 is 0 Å². The lowest BCUT2D eigenvalue weighted by atomic mass is 10.1. The molecular weight excluding hydrogens is 368 g/mol. The number of fused-ring (bicyclic) bond motifs is 1. The number of carbonyl (C=O) groups is 3. The van der Waals surface area contributed by atoms with Gasteiger partial charge in [-0.3, -0.25) is 14.4 Å². The molecule has 0 aliphatic carbocycles. The summed E-state index contributed by atoms with van der Waals surface area (Å²) in [4.78, 5) is 38.0. The number of benzene rings is 2. The number of hydrogen-bond acceptors (Lipinski definition) is 3. The number of carbonyl (C=O) groups excluding carboxylic acids is 3. The van der Waals surface area contributed by atoms with Crippen molar-refractivity contribution in [3.05, 3.63) is 64.8 Å². The van der Waals surface area contributed by atoms with Gasteiger partial charge >= 0.3 is 11.8 Å². The molecule has 0 bridgehead atoms. The Morgan fingerprint density at radius 3 is 2.67 bits per heavy atom. The molecule has 2 aromatic carbocycles. The number of rotatable bonds is 5. The second-order valence-electron chi connectivity index (χ2n) is 5.87. The Morgan fingerprint density at radius 1 is 1.11 bits per heavy atom. The van der Waals surface area contributed by atoms with Crippen LogP contribution in [-0.2, 0) is 16.0 Å². The first-order chi connectivity index (χ1) is 13.0. The van der Waals surface area contributed by atoms with Crippen molar-refractivity contribution in [2.45, 2.75) is 6.42 Å². The van der Waals surface area contributed by atoms with Gasteiger partial charge in [0.1, 0.15) is 0 Å². The number of para-hydroxylation sites is 1. The van der Waals surface area contributed by atoms with Crippen molar-refractivity contribution in [3.8, 4) is 0 Å². The van der Waals surface area contributed by atoms with Crippen molar-refractivity contribution in [3.63, 3.8) is 0 Å². The number of primary amides is 1. The first kappa shape index (κ1) is 18.5. The smallest absolute Gasteiger partial charge is 0.313 e. The summed E-state index contributed by atoms with van der Waals surface area (Å²) in [7, 11) is 0. The molecule has 27 heavy (non-hydrogen) atoms. The van der Waals surface area contributed by atoms with E-state index in [1.54, 1.807) is 18.2 Å². The Morgan fingerprint density at radius 2 is 1.89 bits per heavy atom. The van der Waals surface area contributed by atoms with E-state index in [4.69, 9.17) is 17.3 Å². The topological polar surface area (TPSA) is 117 Å². The Kier molecular flexibility index (Phi) is 5.42. The number of anilines is 1. The molecule has 138 valence electrons. The maximum atomic E-state index is 12.5. The number of nitrogens with one attached hydrogen (secondary N) is 3. The van der Waals surface area contributed by atoms with Gasteiger partial charge in [-0.25, -0.2) is 0 Å². The van der Waals surface area contributed by atoms with Gasteiger partial charge in [0.15, 0.2) is 0 Å². The van der Waals surface area contributed by atoms with Crippen LogP contribution in [0.5, 0.6) is 0 Å². The zero-order chi connectivity index (χ0) is 19.4. The average Bonchev–Trinajstić information content (AvgIpc) is 3.04. The van der Waals surface area contributed by atoms with Gasteiger partial charge in [0.2, 0.25) is 0 Å². The molecule has 0 aliphatic rings. The fraction of sp³-hybridized carbons (Fsp3) is 0.105. The van der Waals surface area contributed by atoms with E-state index in [0.29, 0.717) is 18.0 Å². The minimum absolute atomic E-state index is 0.220. The largest absolute Gasteiger partial charge is 0.361 e. The van der Waals surface area contributed by atoms with Crippen molar-refractivity contribution < 1.29 is 14.4 Å². The fourth-order valence-electron chi connectivity index (χ4n) is 2.74. The number of aromatic nitrogens is 1. The number of amides is 3. The van der Waals surface area contributed by atoms with Crippen LogP contribution < -0.4 is 16.4 Å². The third-order valence-corrected chi connectivity index (χ3v) is 4.29. The van der Waals surface area contributed by atoms with Crippen LogP contribution in [0.4, 0.5) is 5.69 Å². The maximum absolute atomic E-state index is 12.5.